The molecule has 0 aliphatic carbocycles. The van der Waals surface area contributed by atoms with Crippen molar-refractivity contribution < 1.29 is 37.9 Å². The Kier molecular flexibility index (Phi) is 12.7. The average molecular weight is 582 g/mol. The molecule has 0 bridgehead atoms. The molecule has 1 heterocycles. The number of ketones is 1. The Bertz CT molecular complexity index is 1150. The van der Waals surface area contributed by atoms with Crippen LogP contribution in [0.5, 0.6) is 11.5 Å². The Labute approximate surface area is 250 Å². The van der Waals surface area contributed by atoms with Gasteiger partial charge in [0.05, 0.1) is 13.7 Å². The van der Waals surface area contributed by atoms with Gasteiger partial charge in [-0.1, -0.05) is 12.1 Å². The Morgan fingerprint density at radius 1 is 1.02 bits per heavy atom. The standard InChI is InChI=1S/C32H44BNO8/c1-23(42-33-34)29(40-22-25-10-14-27(37-5)15-11-25)20-28-16-17-30(35)32(38-6,41-28)31(2,3)18-7-19-39-21-24-8-12-26(36-4)13-9-24/h7-15,18,23,28-29,34H,16-17,19-22H2,1-6H3/b18-7+/t23-,28+,29-,32-/m1/s1. The summed E-state index contributed by atoms with van der Waals surface area (Å²) in [5, 5.41) is 7.41. The third-order valence-corrected chi connectivity index (χ3v) is 7.63. The van der Waals surface area contributed by atoms with E-state index in [-0.39, 0.29) is 18.0 Å². The predicted octanol–water partition coefficient (Wildman–Crippen LogP) is 5.66. The second kappa shape index (κ2) is 16.0. The van der Waals surface area contributed by atoms with Gasteiger partial charge in [-0.25, -0.2) is 0 Å². The minimum absolute atomic E-state index is 0.102. The second-order valence-electron chi connectivity index (χ2n) is 10.9. The van der Waals surface area contributed by atoms with Gasteiger partial charge in [-0.05, 0) is 17.7 Å². The van der Waals surface area contributed by atoms with Crippen molar-refractivity contribution in [3.63, 3.8) is 0 Å². The number of Topliss-reactive ketones (excluding diaryl/α,β-unsaturated/α-hetero) is 1. The minimum Gasteiger partial charge on any atom is -0.0530 e. The smallest absolute Gasteiger partial charge is 0.0196 e. The molecule has 0 amide bonds. The molecule has 1 N–H and O–H groups in total. The van der Waals surface area contributed by atoms with E-state index in [9.17, 15) is 4.79 Å². The topological polar surface area (TPSA) is 106 Å². The normalized spacial score (nSPS) is 20.6. The number of hydrogen-bond acceptors (Lipinski definition) is 9. The SMILES string of the molecule is COc1ccc(COC/C=C/C(C)(C)[C@]2(OC)O[C@H](C[C@@H](OCc3ccc(OC)cc3)[C@@H](C)OB=N)CCC2=O)cc1. The van der Waals surface area contributed by atoms with Gasteiger partial charge in [0, 0.05) is 0 Å². The first-order valence-electron chi connectivity index (χ1n) is 14.2. The maximum Gasteiger partial charge on any atom is -0.0196 e. The molecule has 1 aliphatic rings. The summed E-state index contributed by atoms with van der Waals surface area (Å²) in [4.78, 5) is 13.3. The van der Waals surface area contributed by atoms with Crippen molar-refractivity contribution in [3.8, 4) is 11.5 Å². The van der Waals surface area contributed by atoms with Crippen LogP contribution in [0.2, 0.25) is 0 Å². The van der Waals surface area contributed by atoms with Crippen LogP contribution in [0, 0.1) is 10.7 Å². The van der Waals surface area contributed by atoms with Gasteiger partial charge in [-0.15, -0.1) is 0 Å². The first kappa shape index (κ1) is 33.5. The van der Waals surface area contributed by atoms with E-state index >= 15 is 0 Å². The fraction of sp³-hybridized carbons (Fsp3) is 0.531. The summed E-state index contributed by atoms with van der Waals surface area (Å²) < 4.78 is 40.4. The number of nitrogens with one attached hydrogen (secondary N) is 1. The summed E-state index contributed by atoms with van der Waals surface area (Å²) >= 11 is 0. The van der Waals surface area contributed by atoms with E-state index in [1.165, 1.54) is 7.11 Å². The predicted molar refractivity (Wildman–Crippen MR) is 160 cm³/mol. The van der Waals surface area contributed by atoms with Crippen molar-refractivity contribution in [1.29, 1.82) is 5.31 Å². The van der Waals surface area contributed by atoms with Crippen molar-refractivity contribution in [2.45, 2.75) is 77.3 Å². The van der Waals surface area contributed by atoms with E-state index in [2.05, 4.69) is 0 Å². The van der Waals surface area contributed by atoms with Gasteiger partial charge in [-0.2, -0.15) is 0 Å². The van der Waals surface area contributed by atoms with E-state index in [0.717, 1.165) is 29.9 Å². The number of methoxy groups -OCH3 is 3. The molecular formula is C32H44BNO8. The van der Waals surface area contributed by atoms with E-state index in [1.54, 1.807) is 14.2 Å². The first-order chi connectivity index (χ1) is 20.2. The summed E-state index contributed by atoms with van der Waals surface area (Å²) in [6, 6.07) is 15.4. The van der Waals surface area contributed by atoms with Gasteiger partial charge in [0.15, 0.2) is 0 Å². The molecule has 3 rings (SSSR count). The van der Waals surface area contributed by atoms with Gasteiger partial charge in [-0.3, -0.25) is 0 Å². The number of hydrogen-bond donors (Lipinski definition) is 1. The van der Waals surface area contributed by atoms with Crippen molar-refractivity contribution in [2.75, 3.05) is 27.9 Å². The molecule has 0 saturated carbocycles. The molecule has 10 heteroatoms. The molecule has 0 aromatic heterocycles. The zero-order chi connectivity index (χ0) is 30.6. The van der Waals surface area contributed by atoms with Crippen molar-refractivity contribution in [1.82, 2.24) is 0 Å². The summed E-state index contributed by atoms with van der Waals surface area (Å²) in [5.74, 6) is 0.00345. The summed E-state index contributed by atoms with van der Waals surface area (Å²) in [6.45, 7) is 6.89. The van der Waals surface area contributed by atoms with Gasteiger partial charge in [0.1, 0.15) is 5.75 Å². The zero-order valence-corrected chi connectivity index (χ0v) is 25.6. The number of rotatable bonds is 17. The molecule has 9 nitrogen and oxygen atoms in total. The van der Waals surface area contributed by atoms with E-state index in [4.69, 9.17) is 38.4 Å². The van der Waals surface area contributed by atoms with E-state index in [1.807, 2.05) is 81.5 Å². The molecular weight excluding hydrogens is 537 g/mol. The third-order valence-electron chi connectivity index (χ3n) is 7.63. The van der Waals surface area contributed by atoms with E-state index < -0.39 is 17.3 Å². The average Bonchev–Trinajstić information content (AvgIpc) is 3.00. The Morgan fingerprint density at radius 3 is 2.17 bits per heavy atom. The molecule has 2 aromatic carbocycles. The van der Waals surface area contributed by atoms with Crippen molar-refractivity contribution in [2.24, 2.45) is 5.41 Å². The minimum atomic E-state index is -1.46. The number of carbonyl (C=O) groups excluding carboxylic acids is 1. The Morgan fingerprint density at radius 2 is 1.62 bits per heavy atom. The fourth-order valence-electron chi connectivity index (χ4n) is 5.11. The molecule has 1 saturated heterocycles. The van der Waals surface area contributed by atoms with Crippen LogP contribution in [-0.2, 0) is 41.6 Å². The van der Waals surface area contributed by atoms with Crippen LogP contribution in [0.1, 0.15) is 51.2 Å². The third kappa shape index (κ3) is 8.73. The summed E-state index contributed by atoms with van der Waals surface area (Å²) in [5.41, 5.74) is 1.24. The maximum atomic E-state index is 13.3. The maximum absolute atomic E-state index is 13.3. The molecule has 1 fully saturated rings. The largest absolute Gasteiger partial charge is 0.0530 e. The van der Waals surface area contributed by atoms with Crippen LogP contribution in [0.4, 0.5) is 0 Å². The quantitative estimate of drug-likeness (QED) is 0.145. The molecule has 2 aromatic rings. The fourth-order valence-corrected chi connectivity index (χ4v) is 5.11. The van der Waals surface area contributed by atoms with Crippen molar-refractivity contribution in [3.05, 3.63) is 71.8 Å². The van der Waals surface area contributed by atoms with Crippen LogP contribution in [0.3, 0.4) is 0 Å². The van der Waals surface area contributed by atoms with Crippen LogP contribution in [0.25, 0.3) is 0 Å². The monoisotopic (exact) mass is 581 g/mol. The number of ether oxygens (including phenoxy) is 6. The molecule has 0 spiro atoms. The van der Waals surface area contributed by atoms with Crippen LogP contribution >= 0.6 is 0 Å². The van der Waals surface area contributed by atoms with E-state index in [0.29, 0.717) is 39.1 Å². The van der Waals surface area contributed by atoms with Crippen LogP contribution in [-0.4, -0.2) is 65.1 Å². The van der Waals surface area contributed by atoms with Crippen LogP contribution < -0.4 is 9.47 Å². The molecule has 0 radical (unpaired) electrons. The molecule has 228 valence electrons. The van der Waals surface area contributed by atoms with Crippen LogP contribution in [0.15, 0.2) is 60.7 Å². The second-order valence-corrected chi connectivity index (χ2v) is 10.9. The van der Waals surface area contributed by atoms with Gasteiger partial charge in [0.2, 0.25) is 0 Å². The first-order valence-corrected chi connectivity index (χ1v) is 14.2. The summed E-state index contributed by atoms with van der Waals surface area (Å²) in [6.07, 6.45) is 4.03. The van der Waals surface area contributed by atoms with Gasteiger partial charge in [0.25, 0.3) is 0 Å². The number of carbonyl (C=O) groups is 1. The van der Waals surface area contributed by atoms with Gasteiger partial charge < -0.3 is 4.74 Å². The Balaban J connectivity index is 1.65. The zero-order valence-electron chi connectivity index (χ0n) is 25.6. The molecule has 0 unspecified atom stereocenters. The van der Waals surface area contributed by atoms with Gasteiger partial charge >= 0.3 is 196 Å². The summed E-state index contributed by atoms with van der Waals surface area (Å²) in [7, 11) is 5.69. The molecule has 42 heavy (non-hydrogen) atoms. The van der Waals surface area contributed by atoms with Crippen molar-refractivity contribution >= 4 is 13.1 Å². The number of benzene rings is 2. The Hall–Kier alpha value is -3.05. The molecule has 1 aliphatic heterocycles. The molecule has 4 atom stereocenters.